The van der Waals surface area contributed by atoms with Crippen molar-refractivity contribution in [3.8, 4) is 0 Å². The Morgan fingerprint density at radius 3 is 2.90 bits per heavy atom. The van der Waals surface area contributed by atoms with Crippen LogP contribution in [0.2, 0.25) is 0 Å². The van der Waals surface area contributed by atoms with E-state index in [-0.39, 0.29) is 18.3 Å². The highest BCUT2D eigenvalue weighted by Crippen LogP contribution is 2.35. The summed E-state index contributed by atoms with van der Waals surface area (Å²) in [6.45, 7) is 0.756. The first-order chi connectivity index (χ1) is 10.2. The van der Waals surface area contributed by atoms with Gasteiger partial charge in [0, 0.05) is 12.2 Å². The van der Waals surface area contributed by atoms with Crippen molar-refractivity contribution in [2.45, 2.75) is 6.54 Å². The quantitative estimate of drug-likeness (QED) is 0.911. The van der Waals surface area contributed by atoms with Gasteiger partial charge in [-0.05, 0) is 42.9 Å². The molecule has 21 heavy (non-hydrogen) atoms. The normalized spacial score (nSPS) is 13.8. The molecular weight excluding hydrogens is 269 g/mol. The van der Waals surface area contributed by atoms with Crippen LogP contribution in [0.5, 0.6) is 0 Å². The zero-order valence-electron chi connectivity index (χ0n) is 11.7. The van der Waals surface area contributed by atoms with Crippen molar-refractivity contribution < 1.29 is 9.18 Å². The van der Waals surface area contributed by atoms with Crippen molar-refractivity contribution in [3.05, 3.63) is 53.8 Å². The van der Waals surface area contributed by atoms with Crippen molar-refractivity contribution in [1.82, 2.24) is 5.32 Å². The lowest BCUT2D eigenvalue weighted by Gasteiger charge is -2.31. The smallest absolute Gasteiger partial charge is 0.244 e. The summed E-state index contributed by atoms with van der Waals surface area (Å²) < 4.78 is 13.8. The monoisotopic (exact) mass is 285 g/mol. The number of fused-ring (bicyclic) bond motifs is 1. The fourth-order valence-electron chi connectivity index (χ4n) is 2.56. The fourth-order valence-corrected chi connectivity index (χ4v) is 2.56. The Balaban J connectivity index is 2.06. The van der Waals surface area contributed by atoms with Crippen LogP contribution in [0.15, 0.2) is 42.5 Å². The van der Waals surface area contributed by atoms with Gasteiger partial charge in [-0.15, -0.1) is 0 Å². The van der Waals surface area contributed by atoms with E-state index < -0.39 is 0 Å². The summed E-state index contributed by atoms with van der Waals surface area (Å²) in [4.78, 5) is 13.7. The minimum absolute atomic E-state index is 0.104. The number of hydrogen-bond acceptors (Lipinski definition) is 3. The summed E-state index contributed by atoms with van der Waals surface area (Å²) in [7, 11) is 1.81. The molecule has 2 aromatic rings. The van der Waals surface area contributed by atoms with Crippen LogP contribution in [0, 0.1) is 5.82 Å². The van der Waals surface area contributed by atoms with Crippen LogP contribution in [-0.4, -0.2) is 19.5 Å². The Kier molecular flexibility index (Phi) is 3.58. The predicted molar refractivity (Wildman–Crippen MR) is 81.2 cm³/mol. The fraction of sp³-hybridized carbons (Fsp3) is 0.188. The van der Waals surface area contributed by atoms with E-state index in [1.54, 1.807) is 0 Å². The maximum Gasteiger partial charge on any atom is 0.244 e. The first-order valence-corrected chi connectivity index (χ1v) is 6.78. The lowest BCUT2D eigenvalue weighted by atomic mass is 10.1. The third-order valence-electron chi connectivity index (χ3n) is 3.41. The first kappa shape index (κ1) is 13.6. The van der Waals surface area contributed by atoms with Gasteiger partial charge in [-0.3, -0.25) is 4.79 Å². The Morgan fingerprint density at radius 1 is 1.29 bits per heavy atom. The van der Waals surface area contributed by atoms with Crippen LogP contribution in [0.25, 0.3) is 0 Å². The Labute approximate surface area is 122 Å². The molecule has 0 aromatic heterocycles. The minimum atomic E-state index is -0.304. The molecule has 0 spiro atoms. The summed E-state index contributed by atoms with van der Waals surface area (Å²) in [5, 5.41) is 5.83. The number of rotatable bonds is 3. The molecular formula is C16H16FN3O. The number of anilines is 3. The van der Waals surface area contributed by atoms with E-state index in [1.165, 1.54) is 12.1 Å². The second kappa shape index (κ2) is 5.54. The van der Waals surface area contributed by atoms with E-state index in [0.717, 1.165) is 16.9 Å². The maximum atomic E-state index is 13.8. The van der Waals surface area contributed by atoms with Crippen LogP contribution in [0.3, 0.4) is 0 Å². The average molecular weight is 285 g/mol. The number of halogens is 1. The molecule has 0 unspecified atom stereocenters. The number of para-hydroxylation sites is 2. The zero-order valence-corrected chi connectivity index (χ0v) is 11.7. The molecule has 0 aliphatic carbocycles. The van der Waals surface area contributed by atoms with E-state index in [0.29, 0.717) is 12.2 Å². The average Bonchev–Trinajstić information content (AvgIpc) is 2.46. The highest BCUT2D eigenvalue weighted by Gasteiger charge is 2.23. The number of nitrogens with zero attached hydrogens (tertiary/aromatic N) is 1. The Hall–Kier alpha value is -2.40. The molecule has 0 bridgehead atoms. The SMILES string of the molecule is CNCc1cc(F)cc(N2CC(=O)Nc3ccccc32)c1. The highest BCUT2D eigenvalue weighted by atomic mass is 19.1. The van der Waals surface area contributed by atoms with Crippen molar-refractivity contribution in [1.29, 1.82) is 0 Å². The van der Waals surface area contributed by atoms with Gasteiger partial charge in [-0.1, -0.05) is 12.1 Å². The summed E-state index contributed by atoms with van der Waals surface area (Å²) in [6, 6.07) is 12.4. The topological polar surface area (TPSA) is 44.4 Å². The first-order valence-electron chi connectivity index (χ1n) is 6.78. The van der Waals surface area contributed by atoms with Crippen molar-refractivity contribution in [2.24, 2.45) is 0 Å². The van der Waals surface area contributed by atoms with Crippen molar-refractivity contribution in [2.75, 3.05) is 23.8 Å². The third-order valence-corrected chi connectivity index (χ3v) is 3.41. The van der Waals surface area contributed by atoms with E-state index in [2.05, 4.69) is 10.6 Å². The minimum Gasteiger partial charge on any atom is -0.330 e. The lowest BCUT2D eigenvalue weighted by molar-refractivity contribution is -0.115. The van der Waals surface area contributed by atoms with Crippen LogP contribution >= 0.6 is 0 Å². The van der Waals surface area contributed by atoms with Gasteiger partial charge in [-0.2, -0.15) is 0 Å². The summed E-state index contributed by atoms with van der Waals surface area (Å²) in [6.07, 6.45) is 0. The second-order valence-electron chi connectivity index (χ2n) is 5.00. The summed E-state index contributed by atoms with van der Waals surface area (Å²) in [5.41, 5.74) is 3.14. The van der Waals surface area contributed by atoms with Gasteiger partial charge in [0.25, 0.3) is 0 Å². The van der Waals surface area contributed by atoms with Crippen LogP contribution in [0.1, 0.15) is 5.56 Å². The van der Waals surface area contributed by atoms with Crippen molar-refractivity contribution >= 4 is 23.0 Å². The van der Waals surface area contributed by atoms with Gasteiger partial charge in [0.05, 0.1) is 11.4 Å². The van der Waals surface area contributed by atoms with Crippen LogP contribution in [-0.2, 0) is 11.3 Å². The number of carbonyl (C=O) groups excluding carboxylic acids is 1. The molecule has 0 fully saturated rings. The molecule has 1 amide bonds. The molecule has 0 radical (unpaired) electrons. The number of carbonyl (C=O) groups is 1. The van der Waals surface area contributed by atoms with Crippen molar-refractivity contribution in [3.63, 3.8) is 0 Å². The zero-order chi connectivity index (χ0) is 14.8. The molecule has 0 saturated heterocycles. The lowest BCUT2D eigenvalue weighted by Crippen LogP contribution is -2.35. The van der Waals surface area contributed by atoms with Gasteiger partial charge in [-0.25, -0.2) is 4.39 Å². The van der Waals surface area contributed by atoms with Gasteiger partial charge >= 0.3 is 0 Å². The van der Waals surface area contributed by atoms with E-state index in [4.69, 9.17) is 0 Å². The second-order valence-corrected chi connectivity index (χ2v) is 5.00. The van der Waals surface area contributed by atoms with E-state index in [9.17, 15) is 9.18 Å². The molecule has 3 rings (SSSR count). The highest BCUT2D eigenvalue weighted by molar-refractivity contribution is 6.03. The number of nitrogens with one attached hydrogen (secondary N) is 2. The molecule has 1 heterocycles. The summed E-state index contributed by atoms with van der Waals surface area (Å²) in [5.74, 6) is -0.408. The van der Waals surface area contributed by atoms with E-state index >= 15 is 0 Å². The van der Waals surface area contributed by atoms with E-state index in [1.807, 2.05) is 42.3 Å². The van der Waals surface area contributed by atoms with Gasteiger partial charge in [0.1, 0.15) is 12.4 Å². The molecule has 2 N–H and O–H groups in total. The number of amides is 1. The molecule has 4 nitrogen and oxygen atoms in total. The van der Waals surface area contributed by atoms with Gasteiger partial charge < -0.3 is 15.5 Å². The molecule has 1 aliphatic heterocycles. The predicted octanol–water partition coefficient (Wildman–Crippen LogP) is 2.64. The Morgan fingerprint density at radius 2 is 2.10 bits per heavy atom. The van der Waals surface area contributed by atoms with Gasteiger partial charge in [0.2, 0.25) is 5.91 Å². The summed E-state index contributed by atoms with van der Waals surface area (Å²) >= 11 is 0. The standard InChI is InChI=1S/C16H16FN3O/c1-18-9-11-6-12(17)8-13(7-11)20-10-16(21)19-14-4-2-3-5-15(14)20/h2-8,18H,9-10H2,1H3,(H,19,21). The molecule has 0 atom stereocenters. The molecule has 5 heteroatoms. The molecule has 2 aromatic carbocycles. The molecule has 108 valence electrons. The van der Waals surface area contributed by atoms with Crippen LogP contribution < -0.4 is 15.5 Å². The number of hydrogen-bond donors (Lipinski definition) is 2. The van der Waals surface area contributed by atoms with Gasteiger partial charge in [0.15, 0.2) is 0 Å². The Bertz CT molecular complexity index is 687. The third kappa shape index (κ3) is 2.73. The largest absolute Gasteiger partial charge is 0.330 e. The van der Waals surface area contributed by atoms with Crippen LogP contribution in [0.4, 0.5) is 21.5 Å². The number of benzene rings is 2. The maximum absolute atomic E-state index is 13.8. The molecule has 1 aliphatic rings. The molecule has 0 saturated carbocycles.